The summed E-state index contributed by atoms with van der Waals surface area (Å²) in [7, 11) is 0. The highest BCUT2D eigenvalue weighted by Gasteiger charge is 2.19. The molecule has 1 N–H and O–H groups in total. The first kappa shape index (κ1) is 11.8. The fourth-order valence-corrected chi connectivity index (χ4v) is 1.35. The molecular formula is C11H18BrNO. The Balaban J connectivity index is 2.41. The molecule has 80 valence electrons. The molecule has 2 nitrogen and oxygen atoms in total. The van der Waals surface area contributed by atoms with Crippen LogP contribution in [0.25, 0.3) is 0 Å². The minimum absolute atomic E-state index is 0.282. The summed E-state index contributed by atoms with van der Waals surface area (Å²) in [6, 6.07) is 4.36. The summed E-state index contributed by atoms with van der Waals surface area (Å²) in [5, 5.41) is 3.44. The largest absolute Gasteiger partial charge is 0.453 e. The highest BCUT2D eigenvalue weighted by molar-refractivity contribution is 9.10. The van der Waals surface area contributed by atoms with Gasteiger partial charge in [-0.2, -0.15) is 0 Å². The molecule has 0 spiro atoms. The van der Waals surface area contributed by atoms with Crippen LogP contribution in [0.1, 0.15) is 33.5 Å². The van der Waals surface area contributed by atoms with Gasteiger partial charge in [0.1, 0.15) is 5.76 Å². The number of furan rings is 1. The fourth-order valence-electron chi connectivity index (χ4n) is 1.01. The van der Waals surface area contributed by atoms with Crippen LogP contribution in [0, 0.1) is 5.41 Å². The summed E-state index contributed by atoms with van der Waals surface area (Å²) in [6.45, 7) is 9.65. The zero-order valence-electron chi connectivity index (χ0n) is 9.23. The molecule has 1 atom stereocenters. The second-order valence-electron chi connectivity index (χ2n) is 4.67. The number of hydrogen-bond donors (Lipinski definition) is 1. The van der Waals surface area contributed by atoms with Gasteiger partial charge in [-0.05, 0) is 40.4 Å². The molecule has 0 fully saturated rings. The summed E-state index contributed by atoms with van der Waals surface area (Å²) < 4.78 is 6.19. The van der Waals surface area contributed by atoms with Crippen molar-refractivity contribution in [3.63, 3.8) is 0 Å². The van der Waals surface area contributed by atoms with Gasteiger partial charge in [-0.15, -0.1) is 0 Å². The molecule has 0 aliphatic heterocycles. The Morgan fingerprint density at radius 3 is 2.50 bits per heavy atom. The molecule has 0 aliphatic rings. The molecule has 1 rings (SSSR count). The highest BCUT2D eigenvalue weighted by atomic mass is 79.9. The van der Waals surface area contributed by atoms with E-state index in [1.54, 1.807) is 0 Å². The van der Waals surface area contributed by atoms with Crippen LogP contribution >= 0.6 is 15.9 Å². The van der Waals surface area contributed by atoms with E-state index in [0.717, 1.165) is 17.0 Å². The van der Waals surface area contributed by atoms with Crippen molar-refractivity contribution >= 4 is 15.9 Å². The van der Waals surface area contributed by atoms with Crippen molar-refractivity contribution in [3.05, 3.63) is 22.6 Å². The number of nitrogens with one attached hydrogen (secondary N) is 1. The maximum atomic E-state index is 5.40. The first-order valence-corrected chi connectivity index (χ1v) is 5.66. The van der Waals surface area contributed by atoms with Crippen LogP contribution in [0.15, 0.2) is 21.2 Å². The topological polar surface area (TPSA) is 25.2 Å². The SMILES string of the molecule is CC(NCc1ccc(Br)o1)C(C)(C)C. The van der Waals surface area contributed by atoms with Crippen LogP contribution in [-0.4, -0.2) is 6.04 Å². The van der Waals surface area contributed by atoms with Gasteiger partial charge in [-0.3, -0.25) is 0 Å². The number of rotatable bonds is 3. The molecule has 14 heavy (non-hydrogen) atoms. The Labute approximate surface area is 94.2 Å². The lowest BCUT2D eigenvalue weighted by atomic mass is 9.88. The van der Waals surface area contributed by atoms with Gasteiger partial charge < -0.3 is 9.73 Å². The number of hydrogen-bond acceptors (Lipinski definition) is 2. The van der Waals surface area contributed by atoms with Crippen molar-refractivity contribution in [3.8, 4) is 0 Å². The van der Waals surface area contributed by atoms with E-state index in [2.05, 4.69) is 48.9 Å². The molecule has 0 saturated carbocycles. The molecule has 1 aromatic heterocycles. The summed E-state index contributed by atoms with van der Waals surface area (Å²) in [5.41, 5.74) is 0.282. The van der Waals surface area contributed by atoms with E-state index in [1.807, 2.05) is 12.1 Å². The van der Waals surface area contributed by atoms with Gasteiger partial charge in [0, 0.05) is 6.04 Å². The van der Waals surface area contributed by atoms with Crippen molar-refractivity contribution in [1.82, 2.24) is 5.32 Å². The Morgan fingerprint density at radius 1 is 1.43 bits per heavy atom. The van der Waals surface area contributed by atoms with Crippen LogP contribution in [-0.2, 0) is 6.54 Å². The zero-order valence-corrected chi connectivity index (χ0v) is 10.8. The summed E-state index contributed by atoms with van der Waals surface area (Å²) >= 11 is 3.28. The fraction of sp³-hybridized carbons (Fsp3) is 0.636. The summed E-state index contributed by atoms with van der Waals surface area (Å²) in [5.74, 6) is 0.966. The molecule has 0 aliphatic carbocycles. The Kier molecular flexibility index (Phi) is 3.78. The summed E-state index contributed by atoms with van der Waals surface area (Å²) in [6.07, 6.45) is 0. The first-order chi connectivity index (χ1) is 6.39. The molecule has 0 saturated heterocycles. The Morgan fingerprint density at radius 2 is 2.07 bits per heavy atom. The number of halogens is 1. The van der Waals surface area contributed by atoms with Gasteiger partial charge >= 0.3 is 0 Å². The van der Waals surface area contributed by atoms with E-state index in [4.69, 9.17) is 4.42 Å². The lowest BCUT2D eigenvalue weighted by molar-refractivity contribution is 0.277. The average Bonchev–Trinajstić information content (AvgIpc) is 2.45. The minimum Gasteiger partial charge on any atom is -0.453 e. The maximum absolute atomic E-state index is 5.40. The third-order valence-electron chi connectivity index (χ3n) is 2.51. The smallest absolute Gasteiger partial charge is 0.169 e. The van der Waals surface area contributed by atoms with Gasteiger partial charge in [-0.1, -0.05) is 20.8 Å². The molecule has 1 aromatic rings. The van der Waals surface area contributed by atoms with Crippen LogP contribution in [0.4, 0.5) is 0 Å². The lowest BCUT2D eigenvalue weighted by Gasteiger charge is -2.27. The second kappa shape index (κ2) is 4.49. The van der Waals surface area contributed by atoms with E-state index >= 15 is 0 Å². The van der Waals surface area contributed by atoms with E-state index in [1.165, 1.54) is 0 Å². The van der Waals surface area contributed by atoms with Gasteiger partial charge in [0.15, 0.2) is 4.67 Å². The zero-order chi connectivity index (χ0) is 10.8. The van der Waals surface area contributed by atoms with E-state index < -0.39 is 0 Å². The normalized spacial score (nSPS) is 14.4. The monoisotopic (exact) mass is 259 g/mol. The third-order valence-corrected chi connectivity index (χ3v) is 2.94. The van der Waals surface area contributed by atoms with E-state index in [9.17, 15) is 0 Å². The average molecular weight is 260 g/mol. The van der Waals surface area contributed by atoms with Crippen LogP contribution in [0.5, 0.6) is 0 Å². The Bertz CT molecular complexity index is 288. The molecule has 0 aromatic carbocycles. The second-order valence-corrected chi connectivity index (χ2v) is 5.46. The molecule has 0 radical (unpaired) electrons. The third kappa shape index (κ3) is 3.46. The highest BCUT2D eigenvalue weighted by Crippen LogP contribution is 2.19. The Hall–Kier alpha value is -0.280. The van der Waals surface area contributed by atoms with Crippen LogP contribution in [0.3, 0.4) is 0 Å². The van der Waals surface area contributed by atoms with Crippen LogP contribution < -0.4 is 5.32 Å². The van der Waals surface area contributed by atoms with Crippen molar-refractivity contribution < 1.29 is 4.42 Å². The van der Waals surface area contributed by atoms with Crippen molar-refractivity contribution in [2.45, 2.75) is 40.3 Å². The van der Waals surface area contributed by atoms with Gasteiger partial charge in [0.2, 0.25) is 0 Å². The van der Waals surface area contributed by atoms with Crippen LogP contribution in [0.2, 0.25) is 0 Å². The van der Waals surface area contributed by atoms with Gasteiger partial charge in [-0.25, -0.2) is 0 Å². The summed E-state index contributed by atoms with van der Waals surface area (Å²) in [4.78, 5) is 0. The van der Waals surface area contributed by atoms with E-state index in [0.29, 0.717) is 6.04 Å². The molecule has 3 heteroatoms. The maximum Gasteiger partial charge on any atom is 0.169 e. The van der Waals surface area contributed by atoms with Crippen molar-refractivity contribution in [2.75, 3.05) is 0 Å². The molecule has 1 unspecified atom stereocenters. The first-order valence-electron chi connectivity index (χ1n) is 4.87. The molecule has 1 heterocycles. The van der Waals surface area contributed by atoms with Crippen molar-refractivity contribution in [1.29, 1.82) is 0 Å². The minimum atomic E-state index is 0.282. The standard InChI is InChI=1S/C11H18BrNO/c1-8(11(2,3)4)13-7-9-5-6-10(12)14-9/h5-6,8,13H,7H2,1-4H3. The van der Waals surface area contributed by atoms with Gasteiger partial charge in [0.05, 0.1) is 6.54 Å². The van der Waals surface area contributed by atoms with Crippen molar-refractivity contribution in [2.24, 2.45) is 5.41 Å². The quantitative estimate of drug-likeness (QED) is 0.898. The van der Waals surface area contributed by atoms with E-state index in [-0.39, 0.29) is 5.41 Å². The van der Waals surface area contributed by atoms with Gasteiger partial charge in [0.25, 0.3) is 0 Å². The predicted molar refractivity (Wildman–Crippen MR) is 62.2 cm³/mol. The molecule has 0 amide bonds. The molecule has 0 bridgehead atoms. The predicted octanol–water partition coefficient (Wildman–Crippen LogP) is 3.57. The molecular weight excluding hydrogens is 242 g/mol. The lowest BCUT2D eigenvalue weighted by Crippen LogP contribution is -2.37.